The van der Waals surface area contributed by atoms with Gasteiger partial charge >= 0.3 is 0 Å². The fourth-order valence-corrected chi connectivity index (χ4v) is 4.02. The van der Waals surface area contributed by atoms with E-state index in [4.69, 9.17) is 4.74 Å². The fraction of sp³-hybridized carbons (Fsp3) is 0.478. The Morgan fingerprint density at radius 2 is 1.60 bits per heavy atom. The van der Waals surface area contributed by atoms with Gasteiger partial charge in [0.05, 0.1) is 0 Å². The lowest BCUT2D eigenvalue weighted by Gasteiger charge is -2.33. The molecule has 0 saturated carbocycles. The minimum Gasteiger partial charge on any atom is -0.457 e. The Balaban J connectivity index is 2.01. The van der Waals surface area contributed by atoms with E-state index in [1.165, 1.54) is 48.9 Å². The largest absolute Gasteiger partial charge is 0.457 e. The van der Waals surface area contributed by atoms with Crippen molar-refractivity contribution in [3.8, 4) is 11.5 Å². The molecule has 1 heterocycles. The van der Waals surface area contributed by atoms with Crippen molar-refractivity contribution in [2.75, 3.05) is 18.0 Å². The van der Waals surface area contributed by atoms with Crippen LogP contribution in [0.25, 0.3) is 0 Å². The van der Waals surface area contributed by atoms with Crippen molar-refractivity contribution in [1.82, 2.24) is 0 Å². The van der Waals surface area contributed by atoms with Gasteiger partial charge in [-0.2, -0.15) is 0 Å². The molecular formula is C23H31NO. The van der Waals surface area contributed by atoms with Gasteiger partial charge in [-0.15, -0.1) is 0 Å². The highest BCUT2D eigenvalue weighted by atomic mass is 16.5. The molecule has 0 fully saturated rings. The summed E-state index contributed by atoms with van der Waals surface area (Å²) >= 11 is 0. The minimum atomic E-state index is 0.439. The Kier molecular flexibility index (Phi) is 6.01. The van der Waals surface area contributed by atoms with E-state index in [0.29, 0.717) is 5.92 Å². The summed E-state index contributed by atoms with van der Waals surface area (Å²) < 4.78 is 6.29. The second-order valence-corrected chi connectivity index (χ2v) is 6.90. The van der Waals surface area contributed by atoms with Crippen LogP contribution >= 0.6 is 0 Å². The third-order valence-corrected chi connectivity index (χ3v) is 5.36. The maximum Gasteiger partial charge on any atom is 0.133 e. The van der Waals surface area contributed by atoms with Crippen molar-refractivity contribution in [2.45, 2.75) is 58.8 Å². The third-order valence-electron chi connectivity index (χ3n) is 5.36. The SMILES string of the molecule is CCCCCCC1c2ccccc2Oc2cccc(N(CC)CC)c21. The van der Waals surface area contributed by atoms with Crippen LogP contribution in [-0.2, 0) is 0 Å². The molecule has 2 heteroatoms. The molecule has 134 valence electrons. The highest BCUT2D eigenvalue weighted by Crippen LogP contribution is 2.49. The molecule has 2 aromatic rings. The first-order chi connectivity index (χ1) is 12.3. The summed E-state index contributed by atoms with van der Waals surface area (Å²) in [5.74, 6) is 2.52. The molecule has 0 saturated heterocycles. The lowest BCUT2D eigenvalue weighted by molar-refractivity contribution is 0.436. The monoisotopic (exact) mass is 337 g/mol. The molecule has 1 unspecified atom stereocenters. The van der Waals surface area contributed by atoms with E-state index in [2.05, 4.69) is 68.1 Å². The predicted molar refractivity (Wildman–Crippen MR) is 107 cm³/mol. The molecule has 0 spiro atoms. The van der Waals surface area contributed by atoms with E-state index in [0.717, 1.165) is 24.6 Å². The molecule has 2 aromatic carbocycles. The van der Waals surface area contributed by atoms with Crippen LogP contribution in [0.15, 0.2) is 42.5 Å². The molecule has 0 radical (unpaired) electrons. The number of hydrogen-bond donors (Lipinski definition) is 0. The van der Waals surface area contributed by atoms with Gasteiger partial charge in [0.15, 0.2) is 0 Å². The number of fused-ring (bicyclic) bond motifs is 2. The molecule has 0 bridgehead atoms. The van der Waals surface area contributed by atoms with Crippen molar-refractivity contribution >= 4 is 5.69 Å². The average molecular weight is 338 g/mol. The number of unbranched alkanes of at least 4 members (excludes halogenated alkanes) is 3. The van der Waals surface area contributed by atoms with Crippen molar-refractivity contribution in [1.29, 1.82) is 0 Å². The third kappa shape index (κ3) is 3.68. The van der Waals surface area contributed by atoms with Gasteiger partial charge in [0.1, 0.15) is 11.5 Å². The van der Waals surface area contributed by atoms with E-state index >= 15 is 0 Å². The Hall–Kier alpha value is -1.96. The van der Waals surface area contributed by atoms with Gasteiger partial charge in [0.2, 0.25) is 0 Å². The van der Waals surface area contributed by atoms with Gasteiger partial charge < -0.3 is 9.64 Å². The van der Waals surface area contributed by atoms with Crippen LogP contribution in [-0.4, -0.2) is 13.1 Å². The van der Waals surface area contributed by atoms with Crippen LogP contribution in [0.2, 0.25) is 0 Å². The molecule has 1 aliphatic heterocycles. The first-order valence-corrected chi connectivity index (χ1v) is 9.94. The van der Waals surface area contributed by atoms with E-state index in [1.807, 2.05) is 0 Å². The lowest BCUT2D eigenvalue weighted by atomic mass is 9.83. The predicted octanol–water partition coefficient (Wildman–Crippen LogP) is 6.74. The number of benzene rings is 2. The molecule has 1 aliphatic rings. The van der Waals surface area contributed by atoms with E-state index in [1.54, 1.807) is 0 Å². The molecule has 25 heavy (non-hydrogen) atoms. The summed E-state index contributed by atoms with van der Waals surface area (Å²) in [6.07, 6.45) is 6.41. The average Bonchev–Trinajstić information content (AvgIpc) is 2.65. The lowest BCUT2D eigenvalue weighted by Crippen LogP contribution is -2.25. The van der Waals surface area contributed by atoms with Crippen LogP contribution in [0.5, 0.6) is 11.5 Å². The Labute approximate surface area is 152 Å². The highest BCUT2D eigenvalue weighted by molar-refractivity contribution is 5.66. The smallest absolute Gasteiger partial charge is 0.133 e. The normalized spacial score (nSPS) is 15.2. The second-order valence-electron chi connectivity index (χ2n) is 6.90. The van der Waals surface area contributed by atoms with Gasteiger partial charge in [-0.25, -0.2) is 0 Å². The Bertz CT molecular complexity index is 690. The quantitative estimate of drug-likeness (QED) is 0.494. The zero-order valence-corrected chi connectivity index (χ0v) is 15.9. The van der Waals surface area contributed by atoms with Crippen molar-refractivity contribution in [3.05, 3.63) is 53.6 Å². The van der Waals surface area contributed by atoms with Crippen LogP contribution in [0.1, 0.15) is 69.9 Å². The molecule has 2 nitrogen and oxygen atoms in total. The van der Waals surface area contributed by atoms with E-state index < -0.39 is 0 Å². The minimum absolute atomic E-state index is 0.439. The molecule has 0 N–H and O–H groups in total. The summed E-state index contributed by atoms with van der Waals surface area (Å²) in [4.78, 5) is 2.45. The Morgan fingerprint density at radius 1 is 0.840 bits per heavy atom. The summed E-state index contributed by atoms with van der Waals surface area (Å²) in [6, 6.07) is 15.1. The van der Waals surface area contributed by atoms with Crippen molar-refractivity contribution in [3.63, 3.8) is 0 Å². The van der Waals surface area contributed by atoms with Crippen molar-refractivity contribution in [2.24, 2.45) is 0 Å². The molecular weight excluding hydrogens is 306 g/mol. The maximum atomic E-state index is 6.29. The molecule has 1 atom stereocenters. The topological polar surface area (TPSA) is 12.5 Å². The fourth-order valence-electron chi connectivity index (χ4n) is 4.02. The van der Waals surface area contributed by atoms with Crippen LogP contribution in [0.3, 0.4) is 0 Å². The van der Waals surface area contributed by atoms with Gasteiger partial charge in [0.25, 0.3) is 0 Å². The summed E-state index contributed by atoms with van der Waals surface area (Å²) in [6.45, 7) is 8.79. The van der Waals surface area contributed by atoms with Gasteiger partial charge in [-0.1, -0.05) is 56.9 Å². The summed E-state index contributed by atoms with van der Waals surface area (Å²) in [5.41, 5.74) is 4.09. The second kappa shape index (κ2) is 8.42. The zero-order valence-electron chi connectivity index (χ0n) is 15.9. The van der Waals surface area contributed by atoms with Crippen LogP contribution in [0, 0.1) is 0 Å². The number of ether oxygens (including phenoxy) is 1. The van der Waals surface area contributed by atoms with Gasteiger partial charge in [0, 0.05) is 35.8 Å². The molecule has 3 rings (SSSR count). The summed E-state index contributed by atoms with van der Waals surface area (Å²) in [5, 5.41) is 0. The number of nitrogens with zero attached hydrogens (tertiary/aromatic N) is 1. The highest BCUT2D eigenvalue weighted by Gasteiger charge is 2.30. The van der Waals surface area contributed by atoms with E-state index in [-0.39, 0.29) is 0 Å². The van der Waals surface area contributed by atoms with Crippen LogP contribution in [0.4, 0.5) is 5.69 Å². The Morgan fingerprint density at radius 3 is 2.36 bits per heavy atom. The standard InChI is InChI=1S/C23H31NO/c1-4-7-8-9-14-19-18-13-10-11-16-21(18)25-22-17-12-15-20(23(19)22)24(5-2)6-3/h10-13,15-17,19H,4-9,14H2,1-3H3. The number of hydrogen-bond acceptors (Lipinski definition) is 2. The van der Waals surface area contributed by atoms with Gasteiger partial charge in [-0.05, 0) is 38.5 Å². The summed E-state index contributed by atoms with van der Waals surface area (Å²) in [7, 11) is 0. The van der Waals surface area contributed by atoms with Crippen LogP contribution < -0.4 is 9.64 Å². The first-order valence-electron chi connectivity index (χ1n) is 9.94. The number of rotatable bonds is 8. The number of para-hydroxylation sites is 1. The number of anilines is 1. The first kappa shape index (κ1) is 17.8. The molecule has 0 aliphatic carbocycles. The van der Waals surface area contributed by atoms with E-state index in [9.17, 15) is 0 Å². The molecule has 0 amide bonds. The zero-order chi connectivity index (χ0) is 17.6. The van der Waals surface area contributed by atoms with Gasteiger partial charge in [-0.3, -0.25) is 0 Å². The van der Waals surface area contributed by atoms with Crippen molar-refractivity contribution < 1.29 is 4.74 Å². The molecule has 0 aromatic heterocycles. The maximum absolute atomic E-state index is 6.29.